The molecule has 1 aliphatic heterocycles. The number of nitrogens with one attached hydrogen (secondary N) is 1. The van der Waals surface area contributed by atoms with E-state index in [9.17, 15) is 31.1 Å². The Morgan fingerprint density at radius 2 is 1.71 bits per heavy atom. The van der Waals surface area contributed by atoms with Crippen LogP contribution in [0.15, 0.2) is 66.9 Å². The van der Waals surface area contributed by atoms with E-state index in [1.54, 1.807) is 43.3 Å². The fourth-order valence-electron chi connectivity index (χ4n) is 4.87. The number of aromatic nitrogens is 3. The third-order valence-corrected chi connectivity index (χ3v) is 7.16. The van der Waals surface area contributed by atoms with Gasteiger partial charge in [0.25, 0.3) is 5.91 Å². The number of nitrogens with two attached hydrogens (primary N) is 1. The number of alkyl halides is 6. The van der Waals surface area contributed by atoms with Crippen molar-refractivity contribution in [2.45, 2.75) is 45.0 Å². The maximum atomic E-state index is 13.3. The smallest absolute Gasteiger partial charge is 0.364 e. The number of anilines is 1. The first-order valence-corrected chi connectivity index (χ1v) is 13.0. The van der Waals surface area contributed by atoms with E-state index in [0.717, 1.165) is 18.2 Å². The highest BCUT2D eigenvalue weighted by atomic mass is 19.4. The highest BCUT2D eigenvalue weighted by molar-refractivity contribution is 5.93. The Hall–Kier alpha value is -4.39. The maximum Gasteiger partial charge on any atom is 0.435 e. The van der Waals surface area contributed by atoms with Gasteiger partial charge in [-0.3, -0.25) is 14.5 Å². The molecule has 3 heterocycles. The molecular weight excluding hydrogens is 562 g/mol. The van der Waals surface area contributed by atoms with Gasteiger partial charge in [0, 0.05) is 25.0 Å². The van der Waals surface area contributed by atoms with E-state index < -0.39 is 35.6 Å². The first-order chi connectivity index (χ1) is 19.8. The van der Waals surface area contributed by atoms with E-state index in [1.807, 2.05) is 4.90 Å². The van der Waals surface area contributed by atoms with Gasteiger partial charge in [-0.1, -0.05) is 30.3 Å². The highest BCUT2D eigenvalue weighted by Gasteiger charge is 2.36. The normalized spacial score (nSPS) is 14.4. The lowest BCUT2D eigenvalue weighted by Gasteiger charge is -2.29. The van der Waals surface area contributed by atoms with E-state index in [4.69, 9.17) is 5.73 Å². The van der Waals surface area contributed by atoms with Gasteiger partial charge in [0.05, 0.1) is 30.4 Å². The molecule has 1 aliphatic rings. The van der Waals surface area contributed by atoms with Crippen molar-refractivity contribution in [3.63, 3.8) is 0 Å². The lowest BCUT2D eigenvalue weighted by atomic mass is 9.95. The molecule has 0 unspecified atom stereocenters. The Morgan fingerprint density at radius 3 is 2.38 bits per heavy atom. The van der Waals surface area contributed by atoms with Gasteiger partial charge >= 0.3 is 12.4 Å². The number of hydrogen-bond acceptors (Lipinski definition) is 5. The molecule has 4 aromatic rings. The third-order valence-electron chi connectivity index (χ3n) is 7.16. The summed E-state index contributed by atoms with van der Waals surface area (Å²) in [5, 5.41) is 6.50. The van der Waals surface area contributed by atoms with Gasteiger partial charge in [0.1, 0.15) is 5.69 Å². The lowest BCUT2D eigenvalue weighted by Crippen LogP contribution is -2.34. The van der Waals surface area contributed by atoms with Crippen molar-refractivity contribution in [1.82, 2.24) is 20.1 Å². The fourth-order valence-corrected chi connectivity index (χ4v) is 4.87. The lowest BCUT2D eigenvalue weighted by molar-refractivity contribution is -0.141. The van der Waals surface area contributed by atoms with Gasteiger partial charge in [-0.05, 0) is 59.5 Å². The Balaban J connectivity index is 1.28. The van der Waals surface area contributed by atoms with E-state index in [1.165, 1.54) is 16.9 Å². The van der Waals surface area contributed by atoms with Gasteiger partial charge in [-0.2, -0.15) is 31.4 Å². The maximum absolute atomic E-state index is 13.3. The van der Waals surface area contributed by atoms with Gasteiger partial charge in [0.2, 0.25) is 0 Å². The van der Waals surface area contributed by atoms with Gasteiger partial charge in [0.15, 0.2) is 5.69 Å². The number of amides is 1. The van der Waals surface area contributed by atoms with E-state index in [2.05, 4.69) is 15.4 Å². The average Bonchev–Trinajstić information content (AvgIpc) is 3.41. The quantitative estimate of drug-likeness (QED) is 0.272. The molecule has 7 nitrogen and oxygen atoms in total. The minimum Gasteiger partial charge on any atom is -0.364 e. The predicted octanol–water partition coefficient (Wildman–Crippen LogP) is 5.95. The Labute approximate surface area is 237 Å². The number of benzene rings is 2. The molecule has 2 aromatic heterocycles. The van der Waals surface area contributed by atoms with Crippen LogP contribution in [0, 0.1) is 0 Å². The second kappa shape index (κ2) is 11.1. The molecule has 0 saturated carbocycles. The van der Waals surface area contributed by atoms with Crippen molar-refractivity contribution in [1.29, 1.82) is 0 Å². The molecule has 1 atom stereocenters. The number of hydrogen-bond donors (Lipinski definition) is 2. The van der Waals surface area contributed by atoms with Crippen LogP contribution in [-0.2, 0) is 32.0 Å². The fraction of sp³-hybridized carbons (Fsp3) is 0.276. The van der Waals surface area contributed by atoms with Crippen LogP contribution in [0.5, 0.6) is 0 Å². The summed E-state index contributed by atoms with van der Waals surface area (Å²) in [6.45, 7) is 2.68. The summed E-state index contributed by atoms with van der Waals surface area (Å²) >= 11 is 0. The summed E-state index contributed by atoms with van der Waals surface area (Å²) in [5.41, 5.74) is 7.44. The van der Waals surface area contributed by atoms with Crippen molar-refractivity contribution in [2.24, 2.45) is 5.73 Å². The number of halogens is 6. The minimum atomic E-state index is -4.53. The first-order valence-electron chi connectivity index (χ1n) is 13.0. The molecule has 42 heavy (non-hydrogen) atoms. The zero-order valence-corrected chi connectivity index (χ0v) is 22.3. The largest absolute Gasteiger partial charge is 0.435 e. The van der Waals surface area contributed by atoms with Crippen LogP contribution >= 0.6 is 0 Å². The molecule has 3 N–H and O–H groups in total. The molecule has 2 aromatic carbocycles. The van der Waals surface area contributed by atoms with Crippen molar-refractivity contribution < 1.29 is 31.1 Å². The second-order valence-corrected chi connectivity index (χ2v) is 9.95. The molecule has 220 valence electrons. The summed E-state index contributed by atoms with van der Waals surface area (Å²) < 4.78 is 80.3. The molecule has 0 spiro atoms. The highest BCUT2D eigenvalue weighted by Crippen LogP contribution is 2.35. The Morgan fingerprint density at radius 1 is 0.976 bits per heavy atom. The zero-order valence-electron chi connectivity index (χ0n) is 22.3. The van der Waals surface area contributed by atoms with Crippen molar-refractivity contribution >= 4 is 11.6 Å². The minimum absolute atomic E-state index is 0.0728. The summed E-state index contributed by atoms with van der Waals surface area (Å²) in [4.78, 5) is 19.0. The number of nitrogens with zero attached hydrogens (tertiary/aromatic N) is 4. The summed E-state index contributed by atoms with van der Waals surface area (Å²) in [6.07, 6.45) is -7.56. The van der Waals surface area contributed by atoms with Crippen molar-refractivity contribution in [3.05, 3.63) is 101 Å². The Bertz CT molecular complexity index is 1600. The third kappa shape index (κ3) is 6.10. The first kappa shape index (κ1) is 29.1. The van der Waals surface area contributed by atoms with Crippen LogP contribution in [-0.4, -0.2) is 27.2 Å². The SMILES string of the molecule is C[C@@H](NC(=O)c1cc(N2CCn3nc(C(F)(F)F)cc3C2)ccn1)c1ccc(-c2cc(C(F)(F)F)ccc2CN)cc1. The molecule has 0 bridgehead atoms. The summed E-state index contributed by atoms with van der Waals surface area (Å²) in [6, 6.07) is 14.1. The molecule has 0 fully saturated rings. The number of rotatable bonds is 6. The zero-order chi connectivity index (χ0) is 30.2. The van der Waals surface area contributed by atoms with Gasteiger partial charge < -0.3 is 16.0 Å². The van der Waals surface area contributed by atoms with Crippen LogP contribution in [0.2, 0.25) is 0 Å². The second-order valence-electron chi connectivity index (χ2n) is 9.95. The molecule has 5 rings (SSSR count). The molecule has 1 amide bonds. The van der Waals surface area contributed by atoms with Gasteiger partial charge in [-0.15, -0.1) is 0 Å². The van der Waals surface area contributed by atoms with Crippen LogP contribution in [0.3, 0.4) is 0 Å². The Kier molecular flexibility index (Phi) is 7.71. The number of pyridine rings is 1. The van der Waals surface area contributed by atoms with E-state index in [0.29, 0.717) is 40.2 Å². The number of fused-ring (bicyclic) bond motifs is 1. The molecule has 0 aliphatic carbocycles. The van der Waals surface area contributed by atoms with Crippen LogP contribution in [0.4, 0.5) is 32.0 Å². The molecule has 13 heteroatoms. The monoisotopic (exact) mass is 588 g/mol. The van der Waals surface area contributed by atoms with E-state index >= 15 is 0 Å². The van der Waals surface area contributed by atoms with Crippen LogP contribution < -0.4 is 16.0 Å². The summed E-state index contributed by atoms with van der Waals surface area (Å²) in [7, 11) is 0. The van der Waals surface area contributed by atoms with Crippen molar-refractivity contribution in [2.75, 3.05) is 11.4 Å². The van der Waals surface area contributed by atoms with Crippen molar-refractivity contribution in [3.8, 4) is 11.1 Å². The standard InChI is InChI=1S/C29H26F6N6O/c1-17(18-2-4-19(5-3-18)24-12-21(28(30,31)32)7-6-20(24)15-36)38-27(42)25-13-22(8-9-37-25)40-10-11-41-23(16-40)14-26(39-41)29(33,34)35/h2-9,12-14,17H,10-11,15-16,36H2,1H3,(H,38,42)/t17-/m1/s1. The topological polar surface area (TPSA) is 89.1 Å². The number of carbonyl (C=O) groups excluding carboxylic acids is 1. The number of carbonyl (C=O) groups is 1. The predicted molar refractivity (Wildman–Crippen MR) is 143 cm³/mol. The van der Waals surface area contributed by atoms with E-state index in [-0.39, 0.29) is 25.3 Å². The average molecular weight is 589 g/mol. The summed E-state index contributed by atoms with van der Waals surface area (Å²) in [5.74, 6) is -0.460. The van der Waals surface area contributed by atoms with Crippen LogP contribution in [0.1, 0.15) is 51.5 Å². The molecule has 0 saturated heterocycles. The molecule has 0 radical (unpaired) electrons. The van der Waals surface area contributed by atoms with Crippen LogP contribution in [0.25, 0.3) is 11.1 Å². The van der Waals surface area contributed by atoms with Gasteiger partial charge in [-0.25, -0.2) is 0 Å². The molecular formula is C29H26F6N6O.